The van der Waals surface area contributed by atoms with Gasteiger partial charge in [-0.05, 0) is 30.3 Å². The predicted molar refractivity (Wildman–Crippen MR) is 86.0 cm³/mol. The summed E-state index contributed by atoms with van der Waals surface area (Å²) < 4.78 is 10.3. The van der Waals surface area contributed by atoms with E-state index < -0.39 is 10.9 Å². The Morgan fingerprint density at radius 3 is 2.87 bits per heavy atom. The lowest BCUT2D eigenvalue weighted by Gasteiger charge is -1.99. The van der Waals surface area contributed by atoms with Crippen LogP contribution >= 0.6 is 11.6 Å². The van der Waals surface area contributed by atoms with E-state index >= 15 is 0 Å². The molecule has 1 aromatic heterocycles. The Hall–Kier alpha value is -2.86. The van der Waals surface area contributed by atoms with E-state index in [1.807, 2.05) is 0 Å². The second-order valence-corrected chi connectivity index (χ2v) is 4.78. The predicted octanol–water partition coefficient (Wildman–Crippen LogP) is 4.25. The van der Waals surface area contributed by atoms with E-state index in [0.717, 1.165) is 0 Å². The van der Waals surface area contributed by atoms with Crippen molar-refractivity contribution in [3.05, 3.63) is 70.0 Å². The van der Waals surface area contributed by atoms with Crippen molar-refractivity contribution in [3.63, 3.8) is 0 Å². The second kappa shape index (κ2) is 7.42. The molecule has 118 valence electrons. The molecule has 6 nitrogen and oxygen atoms in total. The summed E-state index contributed by atoms with van der Waals surface area (Å²) in [4.78, 5) is 21.7. The highest BCUT2D eigenvalue weighted by molar-refractivity contribution is 6.32. The minimum Gasteiger partial charge on any atom is -0.458 e. The highest BCUT2D eigenvalue weighted by Crippen LogP contribution is 2.31. The summed E-state index contributed by atoms with van der Waals surface area (Å²) in [5.41, 5.74) is 0.306. The van der Waals surface area contributed by atoms with E-state index in [9.17, 15) is 14.9 Å². The Labute approximate surface area is 136 Å². The molecule has 0 bridgehead atoms. The van der Waals surface area contributed by atoms with Crippen LogP contribution in [0.3, 0.4) is 0 Å². The molecule has 0 radical (unpaired) electrons. The lowest BCUT2D eigenvalue weighted by molar-refractivity contribution is -0.384. The number of carbonyl (C=O) groups is 1. The van der Waals surface area contributed by atoms with Crippen molar-refractivity contribution < 1.29 is 18.9 Å². The van der Waals surface area contributed by atoms with Gasteiger partial charge in [0.15, 0.2) is 0 Å². The molecule has 0 N–H and O–H groups in total. The van der Waals surface area contributed by atoms with Gasteiger partial charge in [0, 0.05) is 17.7 Å². The van der Waals surface area contributed by atoms with E-state index in [-0.39, 0.29) is 17.3 Å². The summed E-state index contributed by atoms with van der Waals surface area (Å²) in [6.45, 7) is 3.56. The van der Waals surface area contributed by atoms with E-state index in [1.165, 1.54) is 30.4 Å². The number of nitrogens with zero attached hydrogens (tertiary/aromatic N) is 1. The maximum absolute atomic E-state index is 11.3. The Morgan fingerprint density at radius 1 is 1.39 bits per heavy atom. The molecule has 0 spiro atoms. The molecule has 0 atom stereocenters. The van der Waals surface area contributed by atoms with Crippen molar-refractivity contribution in [1.29, 1.82) is 0 Å². The smallest absolute Gasteiger partial charge is 0.331 e. The molecule has 2 rings (SSSR count). The fraction of sp³-hybridized carbons (Fsp3) is 0.0625. The van der Waals surface area contributed by atoms with E-state index in [1.54, 1.807) is 18.2 Å². The molecule has 23 heavy (non-hydrogen) atoms. The Bertz CT molecular complexity index is 779. The summed E-state index contributed by atoms with van der Waals surface area (Å²) in [5.74, 6) is 0.307. The van der Waals surface area contributed by atoms with Gasteiger partial charge in [0.25, 0.3) is 5.69 Å². The molecule has 0 saturated heterocycles. The average Bonchev–Trinajstić information content (AvgIpc) is 3.00. The first-order valence-corrected chi connectivity index (χ1v) is 6.89. The average molecular weight is 334 g/mol. The number of rotatable bonds is 6. The van der Waals surface area contributed by atoms with Crippen molar-refractivity contribution in [2.75, 3.05) is 6.61 Å². The largest absolute Gasteiger partial charge is 0.458 e. The molecule has 2 aromatic rings. The van der Waals surface area contributed by atoms with Gasteiger partial charge in [0.2, 0.25) is 0 Å². The third kappa shape index (κ3) is 4.31. The van der Waals surface area contributed by atoms with Crippen LogP contribution in [0.2, 0.25) is 5.02 Å². The number of benzene rings is 1. The number of nitro benzene ring substituents is 1. The zero-order chi connectivity index (χ0) is 16.8. The zero-order valence-corrected chi connectivity index (χ0v) is 12.7. The van der Waals surface area contributed by atoms with Crippen LogP contribution in [0.5, 0.6) is 0 Å². The molecular weight excluding hydrogens is 322 g/mol. The molecule has 1 aromatic carbocycles. The van der Waals surface area contributed by atoms with Crippen LogP contribution in [-0.4, -0.2) is 17.5 Å². The number of ether oxygens (including phenoxy) is 1. The molecule has 0 saturated carbocycles. The SMILES string of the molecule is C=CCOC(=O)/C=C/c1ccc(-c2ccc(Cl)c([N+](=O)[O-])c2)o1. The van der Waals surface area contributed by atoms with E-state index in [2.05, 4.69) is 6.58 Å². The molecule has 0 unspecified atom stereocenters. The molecule has 1 heterocycles. The number of carbonyl (C=O) groups excluding carboxylic acids is 1. The first kappa shape index (κ1) is 16.5. The monoisotopic (exact) mass is 333 g/mol. The van der Waals surface area contributed by atoms with Crippen molar-refractivity contribution >= 4 is 29.3 Å². The summed E-state index contributed by atoms with van der Waals surface area (Å²) in [6.07, 6.45) is 4.12. The highest BCUT2D eigenvalue weighted by Gasteiger charge is 2.15. The fourth-order valence-electron chi connectivity index (χ4n) is 1.74. The van der Waals surface area contributed by atoms with Gasteiger partial charge in [0.1, 0.15) is 23.2 Å². The number of hydrogen-bond acceptors (Lipinski definition) is 5. The summed E-state index contributed by atoms with van der Waals surface area (Å²) >= 11 is 5.77. The van der Waals surface area contributed by atoms with Gasteiger partial charge in [-0.3, -0.25) is 10.1 Å². The van der Waals surface area contributed by atoms with Gasteiger partial charge >= 0.3 is 5.97 Å². The van der Waals surface area contributed by atoms with Gasteiger partial charge in [-0.1, -0.05) is 24.3 Å². The van der Waals surface area contributed by atoms with Gasteiger partial charge in [-0.25, -0.2) is 4.79 Å². The van der Waals surface area contributed by atoms with Crippen molar-refractivity contribution in [3.8, 4) is 11.3 Å². The van der Waals surface area contributed by atoms with E-state index in [0.29, 0.717) is 17.1 Å². The Morgan fingerprint density at radius 2 is 2.17 bits per heavy atom. The van der Waals surface area contributed by atoms with Gasteiger partial charge in [0.05, 0.1) is 4.92 Å². The maximum Gasteiger partial charge on any atom is 0.331 e. The molecule has 0 fully saturated rings. The second-order valence-electron chi connectivity index (χ2n) is 4.38. The number of halogens is 1. The molecule has 0 amide bonds. The van der Waals surface area contributed by atoms with Crippen LogP contribution in [0.1, 0.15) is 5.76 Å². The zero-order valence-electron chi connectivity index (χ0n) is 11.9. The quantitative estimate of drug-likeness (QED) is 0.259. The molecule has 0 aliphatic carbocycles. The number of hydrogen-bond donors (Lipinski definition) is 0. The Kier molecular flexibility index (Phi) is 5.32. The van der Waals surface area contributed by atoms with Crippen LogP contribution in [0.15, 0.2) is 53.5 Å². The highest BCUT2D eigenvalue weighted by atomic mass is 35.5. The molecule has 0 aliphatic rings. The first-order chi connectivity index (χ1) is 11.0. The summed E-state index contributed by atoms with van der Waals surface area (Å²) in [7, 11) is 0. The Balaban J connectivity index is 2.18. The lowest BCUT2D eigenvalue weighted by Crippen LogP contribution is -1.99. The number of esters is 1. The fourth-order valence-corrected chi connectivity index (χ4v) is 1.93. The summed E-state index contributed by atoms with van der Waals surface area (Å²) in [6, 6.07) is 7.64. The van der Waals surface area contributed by atoms with Crippen LogP contribution in [0.25, 0.3) is 17.4 Å². The topological polar surface area (TPSA) is 82.6 Å². The molecule has 0 aliphatic heterocycles. The van der Waals surface area contributed by atoms with Crippen LogP contribution in [0.4, 0.5) is 5.69 Å². The maximum atomic E-state index is 11.3. The van der Waals surface area contributed by atoms with Crippen molar-refractivity contribution in [1.82, 2.24) is 0 Å². The minimum absolute atomic E-state index is 0.0513. The van der Waals surface area contributed by atoms with Gasteiger partial charge in [-0.15, -0.1) is 0 Å². The normalized spacial score (nSPS) is 10.7. The number of nitro groups is 1. The third-order valence-corrected chi connectivity index (χ3v) is 3.10. The lowest BCUT2D eigenvalue weighted by atomic mass is 10.1. The van der Waals surface area contributed by atoms with Gasteiger partial charge < -0.3 is 9.15 Å². The van der Waals surface area contributed by atoms with Crippen molar-refractivity contribution in [2.45, 2.75) is 0 Å². The van der Waals surface area contributed by atoms with Crippen molar-refractivity contribution in [2.24, 2.45) is 0 Å². The minimum atomic E-state index is -0.564. The number of furan rings is 1. The standard InChI is InChI=1S/C16H12ClNO5/c1-2-9-22-16(19)8-5-12-4-7-15(23-12)11-3-6-13(17)14(10-11)18(20)21/h2-8,10H,1,9H2/b8-5+. The van der Waals surface area contributed by atoms with Gasteiger partial charge in [-0.2, -0.15) is 0 Å². The van der Waals surface area contributed by atoms with Crippen LogP contribution in [0, 0.1) is 10.1 Å². The summed E-state index contributed by atoms with van der Waals surface area (Å²) in [5, 5.41) is 10.9. The first-order valence-electron chi connectivity index (χ1n) is 6.51. The molecular formula is C16H12ClNO5. The van der Waals surface area contributed by atoms with Crippen LogP contribution in [-0.2, 0) is 9.53 Å². The molecule has 7 heteroatoms. The third-order valence-electron chi connectivity index (χ3n) is 2.78. The van der Waals surface area contributed by atoms with Crippen LogP contribution < -0.4 is 0 Å². The van der Waals surface area contributed by atoms with E-state index in [4.69, 9.17) is 20.8 Å².